The molecule has 0 aliphatic rings. The zero-order chi connectivity index (χ0) is 15.3. The maximum absolute atomic E-state index is 9.96. The Morgan fingerprint density at radius 1 is 1.25 bits per heavy atom. The Hall–Kier alpha value is -0.480. The lowest BCUT2D eigenvalue weighted by molar-refractivity contribution is 0.304. The molecule has 0 aliphatic heterocycles. The summed E-state index contributed by atoms with van der Waals surface area (Å²) < 4.78 is 0. The van der Waals surface area contributed by atoms with Crippen molar-refractivity contribution in [3.05, 3.63) is 27.7 Å². The van der Waals surface area contributed by atoms with Gasteiger partial charge in [-0.3, -0.25) is 0 Å². The van der Waals surface area contributed by atoms with Crippen LogP contribution in [0.2, 0.25) is 10.0 Å². The Kier molecular flexibility index (Phi) is 7.10. The fourth-order valence-corrected chi connectivity index (χ4v) is 2.78. The van der Waals surface area contributed by atoms with Gasteiger partial charge in [0.15, 0.2) is 0 Å². The van der Waals surface area contributed by atoms with E-state index >= 15 is 0 Å². The van der Waals surface area contributed by atoms with E-state index in [1.54, 1.807) is 12.1 Å². The number of phenolic OH excluding ortho intramolecular Hbond substituents is 1. The molecule has 5 heteroatoms. The maximum atomic E-state index is 9.96. The molecule has 0 saturated carbocycles. The predicted octanol–water partition coefficient (Wildman–Crippen LogP) is 3.76. The summed E-state index contributed by atoms with van der Waals surface area (Å²) >= 11 is 11.9. The molecule has 3 nitrogen and oxygen atoms in total. The molecule has 1 aromatic carbocycles. The van der Waals surface area contributed by atoms with E-state index in [1.807, 2.05) is 0 Å². The third-order valence-corrected chi connectivity index (χ3v) is 3.54. The lowest BCUT2D eigenvalue weighted by Crippen LogP contribution is -2.38. The van der Waals surface area contributed by atoms with Gasteiger partial charge >= 0.3 is 0 Å². The third kappa shape index (κ3) is 5.88. The average molecular weight is 319 g/mol. The second kappa shape index (κ2) is 8.08. The molecule has 0 aliphatic carbocycles. The van der Waals surface area contributed by atoms with E-state index < -0.39 is 0 Å². The van der Waals surface area contributed by atoms with Gasteiger partial charge in [-0.2, -0.15) is 0 Å². The van der Waals surface area contributed by atoms with Gasteiger partial charge < -0.3 is 15.3 Å². The highest BCUT2D eigenvalue weighted by atomic mass is 35.5. The van der Waals surface area contributed by atoms with Crippen LogP contribution in [-0.4, -0.2) is 36.7 Å². The van der Waals surface area contributed by atoms with Gasteiger partial charge in [-0.05, 0) is 38.6 Å². The van der Waals surface area contributed by atoms with Crippen LogP contribution in [0, 0.1) is 5.92 Å². The van der Waals surface area contributed by atoms with Crippen LogP contribution < -0.4 is 5.32 Å². The van der Waals surface area contributed by atoms with E-state index in [9.17, 15) is 5.11 Å². The van der Waals surface area contributed by atoms with Crippen molar-refractivity contribution in [3.63, 3.8) is 0 Å². The summed E-state index contributed by atoms with van der Waals surface area (Å²) in [4.78, 5) is 2.16. The Morgan fingerprint density at radius 3 is 2.45 bits per heavy atom. The highest BCUT2D eigenvalue weighted by molar-refractivity contribution is 6.35. The minimum absolute atomic E-state index is 0.108. The van der Waals surface area contributed by atoms with Crippen molar-refractivity contribution in [2.24, 2.45) is 5.92 Å². The van der Waals surface area contributed by atoms with Crippen molar-refractivity contribution in [1.29, 1.82) is 0 Å². The second-order valence-corrected chi connectivity index (χ2v) is 6.71. The van der Waals surface area contributed by atoms with Crippen LogP contribution in [0.15, 0.2) is 12.1 Å². The summed E-state index contributed by atoms with van der Waals surface area (Å²) in [6, 6.07) is 3.66. The van der Waals surface area contributed by atoms with Gasteiger partial charge in [-0.1, -0.05) is 37.0 Å². The maximum Gasteiger partial charge on any atom is 0.138 e. The van der Waals surface area contributed by atoms with Gasteiger partial charge in [0, 0.05) is 29.7 Å². The number of rotatable bonds is 7. The number of nitrogens with one attached hydrogen (secondary N) is 1. The molecule has 0 fully saturated rings. The highest BCUT2D eigenvalue weighted by Gasteiger charge is 2.14. The summed E-state index contributed by atoms with van der Waals surface area (Å²) in [5.41, 5.74) is 0.731. The van der Waals surface area contributed by atoms with Crippen molar-refractivity contribution in [1.82, 2.24) is 10.2 Å². The molecule has 0 saturated heterocycles. The fourth-order valence-electron chi connectivity index (χ4n) is 2.24. The first-order valence-corrected chi connectivity index (χ1v) is 7.60. The van der Waals surface area contributed by atoms with Gasteiger partial charge in [-0.25, -0.2) is 0 Å². The van der Waals surface area contributed by atoms with Crippen molar-refractivity contribution < 1.29 is 5.11 Å². The van der Waals surface area contributed by atoms with Crippen molar-refractivity contribution in [2.45, 2.75) is 32.9 Å². The molecule has 114 valence electrons. The third-order valence-electron chi connectivity index (χ3n) is 3.03. The first kappa shape index (κ1) is 17.6. The van der Waals surface area contributed by atoms with E-state index in [0.29, 0.717) is 28.5 Å². The normalized spacial score (nSPS) is 13.2. The minimum Gasteiger partial charge on any atom is -0.506 e. The Morgan fingerprint density at radius 2 is 1.90 bits per heavy atom. The summed E-state index contributed by atoms with van der Waals surface area (Å²) in [6.07, 6.45) is 1.08. The number of hydrogen-bond acceptors (Lipinski definition) is 3. The van der Waals surface area contributed by atoms with E-state index in [4.69, 9.17) is 23.2 Å². The van der Waals surface area contributed by atoms with E-state index in [2.05, 4.69) is 38.2 Å². The van der Waals surface area contributed by atoms with Crippen LogP contribution in [-0.2, 0) is 6.54 Å². The van der Waals surface area contributed by atoms with E-state index in [-0.39, 0.29) is 5.75 Å². The standard InChI is InChI=1S/C15H24Cl2N2O/c1-10(2)5-13(9-19(3)4)18-8-11-6-12(16)7-14(17)15(11)20/h6-7,10,13,18,20H,5,8-9H2,1-4H3. The van der Waals surface area contributed by atoms with Crippen molar-refractivity contribution in [3.8, 4) is 5.75 Å². The highest BCUT2D eigenvalue weighted by Crippen LogP contribution is 2.31. The van der Waals surface area contributed by atoms with Gasteiger partial charge in [0.1, 0.15) is 5.75 Å². The number of nitrogens with zero attached hydrogens (tertiary/aromatic N) is 1. The molecule has 2 N–H and O–H groups in total. The summed E-state index contributed by atoms with van der Waals surface area (Å²) in [6.45, 7) is 5.92. The van der Waals surface area contributed by atoms with Crippen molar-refractivity contribution in [2.75, 3.05) is 20.6 Å². The van der Waals surface area contributed by atoms with Gasteiger partial charge in [0.2, 0.25) is 0 Å². The monoisotopic (exact) mass is 318 g/mol. The molecule has 0 spiro atoms. The molecule has 0 radical (unpaired) electrons. The van der Waals surface area contributed by atoms with Crippen molar-refractivity contribution >= 4 is 23.2 Å². The van der Waals surface area contributed by atoms with Gasteiger partial charge in [0.25, 0.3) is 0 Å². The molecule has 0 bridgehead atoms. The Labute approximate surface area is 131 Å². The van der Waals surface area contributed by atoms with Gasteiger partial charge in [-0.15, -0.1) is 0 Å². The number of halogens is 2. The topological polar surface area (TPSA) is 35.5 Å². The summed E-state index contributed by atoms with van der Waals surface area (Å²) in [5, 5.41) is 14.3. The molecular formula is C15H24Cl2N2O. The lowest BCUT2D eigenvalue weighted by Gasteiger charge is -2.24. The predicted molar refractivity (Wildman–Crippen MR) is 86.8 cm³/mol. The molecular weight excluding hydrogens is 295 g/mol. The molecule has 1 aromatic rings. The van der Waals surface area contributed by atoms with Crippen LogP contribution in [0.4, 0.5) is 0 Å². The minimum atomic E-state index is 0.108. The molecule has 1 rings (SSSR count). The second-order valence-electron chi connectivity index (χ2n) is 5.86. The van der Waals surface area contributed by atoms with Crippen LogP contribution in [0.5, 0.6) is 5.75 Å². The van der Waals surface area contributed by atoms with Crippen LogP contribution in [0.1, 0.15) is 25.8 Å². The number of likely N-dealkylation sites (N-methyl/N-ethyl adjacent to an activating group) is 1. The summed E-state index contributed by atoms with van der Waals surface area (Å²) in [7, 11) is 4.12. The number of hydrogen-bond donors (Lipinski definition) is 2. The molecule has 0 amide bonds. The number of phenols is 1. The zero-order valence-electron chi connectivity index (χ0n) is 12.6. The fraction of sp³-hybridized carbons (Fsp3) is 0.600. The first-order valence-electron chi connectivity index (χ1n) is 6.84. The first-order chi connectivity index (χ1) is 9.29. The molecule has 1 atom stereocenters. The average Bonchev–Trinajstić information content (AvgIpc) is 2.30. The smallest absolute Gasteiger partial charge is 0.138 e. The Bertz CT molecular complexity index is 426. The molecule has 1 unspecified atom stereocenters. The van der Waals surface area contributed by atoms with Gasteiger partial charge in [0.05, 0.1) is 5.02 Å². The summed E-state index contributed by atoms with van der Waals surface area (Å²) in [5.74, 6) is 0.723. The number of aromatic hydroxyl groups is 1. The quantitative estimate of drug-likeness (QED) is 0.803. The molecule has 20 heavy (non-hydrogen) atoms. The number of benzene rings is 1. The SMILES string of the molecule is CC(C)CC(CN(C)C)NCc1cc(Cl)cc(Cl)c1O. The van der Waals surface area contributed by atoms with Crippen LogP contribution >= 0.6 is 23.2 Å². The lowest BCUT2D eigenvalue weighted by atomic mass is 10.0. The van der Waals surface area contributed by atoms with Crippen LogP contribution in [0.3, 0.4) is 0 Å². The zero-order valence-corrected chi connectivity index (χ0v) is 14.1. The van der Waals surface area contributed by atoms with Crippen LogP contribution in [0.25, 0.3) is 0 Å². The Balaban J connectivity index is 2.71. The molecule has 0 aromatic heterocycles. The largest absolute Gasteiger partial charge is 0.506 e. The van der Waals surface area contributed by atoms with E-state index in [1.165, 1.54) is 0 Å². The van der Waals surface area contributed by atoms with E-state index in [0.717, 1.165) is 18.5 Å². The molecule has 0 heterocycles.